The second-order valence-corrected chi connectivity index (χ2v) is 31.7. The Balaban J connectivity index is 0.000000312. The average molecular weight is 1580 g/mol. The normalized spacial score (nSPS) is 31.8. The number of unbranched alkanes of at least 4 members (excludes halogenated alkanes) is 8. The number of carbonyl (C=O) groups excluding carboxylic acids is 5. The third kappa shape index (κ3) is 29.8. The summed E-state index contributed by atoms with van der Waals surface area (Å²) in [6.07, 6.45) is 13.2. The highest BCUT2D eigenvalue weighted by Crippen LogP contribution is 2.49. The van der Waals surface area contributed by atoms with E-state index in [0.29, 0.717) is 63.7 Å². The van der Waals surface area contributed by atoms with Crippen molar-refractivity contribution in [1.29, 1.82) is 0 Å². The SMILES string of the molecule is C=C1C[C@H](O)CCO[C@H](c2ccccc2)C[C@@H]2CCO[C@H](/C=C/C(C)(C)[C@]3(O)O[C@@H](C/C(=C\C(=O)OC)[C@@H]3OC(=O)CCCCCCC)C[C@H](CO)O1)O2.CCCCCCCC(=O)O[C@H]1/C(=C/C(=O)OC)C[C@H]2C[C@H](CO)OC(=O)C[C@H](O)CCO[C@H](CCCc3ccc(C)cc3)C[C@@H]3CCO[C@H](/C=C/C(C)(C)[C@]1(O)O2)O3. The van der Waals surface area contributed by atoms with Crippen LogP contribution >= 0.6 is 0 Å². The number of benzene rings is 2. The lowest BCUT2D eigenvalue weighted by Crippen LogP contribution is -2.62. The summed E-state index contributed by atoms with van der Waals surface area (Å²) in [7, 11) is 2.46. The number of ether oxygens (including phenoxy) is 14. The number of aryl methyl sites for hydroxylation is 2. The van der Waals surface area contributed by atoms with Gasteiger partial charge in [-0.1, -0.05) is 172 Å². The van der Waals surface area contributed by atoms with Crippen molar-refractivity contribution in [2.45, 2.75) is 319 Å². The predicted octanol–water partition coefficient (Wildman–Crippen LogP) is 12.2. The first kappa shape index (κ1) is 92.9. The van der Waals surface area contributed by atoms with Gasteiger partial charge in [-0.15, -0.1) is 0 Å². The van der Waals surface area contributed by atoms with Crippen molar-refractivity contribution in [1.82, 2.24) is 0 Å². The Bertz CT molecular complexity index is 3310. The van der Waals surface area contributed by atoms with E-state index >= 15 is 0 Å². The van der Waals surface area contributed by atoms with Crippen molar-refractivity contribution in [2.75, 3.05) is 53.9 Å². The van der Waals surface area contributed by atoms with E-state index in [4.69, 9.17) is 66.3 Å². The van der Waals surface area contributed by atoms with Crippen LogP contribution in [0.25, 0.3) is 0 Å². The molecule has 0 aromatic heterocycles. The lowest BCUT2D eigenvalue weighted by atomic mass is 9.74. The molecule has 112 heavy (non-hydrogen) atoms. The summed E-state index contributed by atoms with van der Waals surface area (Å²) < 4.78 is 84.0. The Morgan fingerprint density at radius 1 is 0.545 bits per heavy atom. The number of rotatable bonds is 23. The molecule has 0 radical (unpaired) electrons. The summed E-state index contributed by atoms with van der Waals surface area (Å²) in [6, 6.07) is 18.3. The molecule has 4 saturated heterocycles. The number of carbonyl (C=O) groups is 5. The third-order valence-electron chi connectivity index (χ3n) is 21.6. The number of esters is 5. The third-order valence-corrected chi connectivity index (χ3v) is 21.6. The predicted molar refractivity (Wildman–Crippen MR) is 416 cm³/mol. The van der Waals surface area contributed by atoms with Gasteiger partial charge < -0.3 is 97.0 Å². The molecule has 2 aromatic rings. The van der Waals surface area contributed by atoms with Gasteiger partial charge in [-0.2, -0.15) is 0 Å². The van der Waals surface area contributed by atoms with Gasteiger partial charge in [0.2, 0.25) is 11.6 Å². The van der Waals surface area contributed by atoms with Crippen LogP contribution in [0.5, 0.6) is 0 Å². The number of fused-ring (bicyclic) bond motifs is 8. The lowest BCUT2D eigenvalue weighted by molar-refractivity contribution is -0.327. The maximum absolute atomic E-state index is 13.4. The maximum atomic E-state index is 13.4. The fourth-order valence-corrected chi connectivity index (χ4v) is 14.8. The van der Waals surface area contributed by atoms with Gasteiger partial charge in [-0.05, 0) is 118 Å². The molecule has 0 amide bonds. The molecule has 8 rings (SSSR count). The van der Waals surface area contributed by atoms with E-state index in [-0.39, 0.29) is 107 Å². The monoisotopic (exact) mass is 1570 g/mol. The van der Waals surface area contributed by atoms with Gasteiger partial charge in [0.15, 0.2) is 24.8 Å². The van der Waals surface area contributed by atoms with Crippen molar-refractivity contribution >= 4 is 29.8 Å². The number of hydrogen-bond acceptors (Lipinski definition) is 25. The highest BCUT2D eigenvalue weighted by molar-refractivity contribution is 5.84. The molecule has 0 unspecified atom stereocenters. The van der Waals surface area contributed by atoms with Crippen LogP contribution in [0.4, 0.5) is 0 Å². The van der Waals surface area contributed by atoms with E-state index in [2.05, 4.69) is 51.6 Å². The second-order valence-electron chi connectivity index (χ2n) is 31.7. The topological polar surface area (TPSA) is 336 Å². The fourth-order valence-electron chi connectivity index (χ4n) is 14.8. The van der Waals surface area contributed by atoms with Crippen molar-refractivity contribution in [3.63, 3.8) is 0 Å². The Morgan fingerprint density at radius 2 is 1.01 bits per heavy atom. The molecule has 6 aliphatic rings. The fraction of sp³-hybridized carbons (Fsp3) is 0.690. The van der Waals surface area contributed by atoms with E-state index in [1.54, 1.807) is 52.0 Å². The van der Waals surface area contributed by atoms with Crippen LogP contribution in [0, 0.1) is 17.8 Å². The average Bonchev–Trinajstić information content (AvgIpc) is 0.749. The first-order chi connectivity index (χ1) is 53.6. The minimum atomic E-state index is -2.27. The van der Waals surface area contributed by atoms with E-state index in [9.17, 15) is 54.6 Å². The first-order valence-electron chi connectivity index (χ1n) is 40.8. The summed E-state index contributed by atoms with van der Waals surface area (Å²) in [6.45, 7) is 17.6. The minimum Gasteiger partial charge on any atom is -0.493 e. The standard InChI is InChI=1S/C45H68O13.C42H62O12/c1-6-7-8-9-10-14-39(48)57-43-33(26-40(49)52-5)25-37-29-38(30-46)55-41(50)27-34(47)20-23-53-35(13-11-12-32-17-15-31(2)16-18-32)28-36-21-24-54-42(56-36)19-22-44(3,4)45(43,51)58-37;1-6-7-8-9-13-16-37(45)53-40-31(25-38(46)48-5)24-34-26-35(28-43)51-29(2)23-32(44)18-21-49-36(30-14-11-10-12-15-30)27-33-19-22-50-39(52-33)17-20-41(3,4)42(40,47)54-34/h15-19,22,26,34-38,42-43,46-47,51H,6-14,20-21,23-25,27-30H2,1-5H3;10-12,14-15,17,20,25,32-36,39-40,43-44,47H,2,6-9,13,16,18-19,21-24,26-28H2,1,3-5H3/b22-19+,33-26+;20-17+,31-25+/t34-,35-,36+,37+,38-,42+,43+,45-;32-,33+,34+,35-,36+,39+,40+,42-/m11/s1. The van der Waals surface area contributed by atoms with Crippen molar-refractivity contribution in [3.8, 4) is 0 Å². The summed E-state index contributed by atoms with van der Waals surface area (Å²) in [5.41, 5.74) is 1.38. The van der Waals surface area contributed by atoms with Crippen LogP contribution in [-0.2, 0) is 96.7 Å². The van der Waals surface area contributed by atoms with Crippen molar-refractivity contribution in [2.24, 2.45) is 10.8 Å². The summed E-state index contributed by atoms with van der Waals surface area (Å²) in [4.78, 5) is 65.2. The smallest absolute Gasteiger partial charge is 0.330 e. The molecule has 8 bridgehead atoms. The molecule has 0 spiro atoms. The van der Waals surface area contributed by atoms with Crippen LogP contribution in [-0.4, -0.2) is 206 Å². The number of hydrogen-bond donors (Lipinski definition) is 6. The van der Waals surface area contributed by atoms with Gasteiger partial charge in [0.25, 0.3) is 0 Å². The van der Waals surface area contributed by atoms with Gasteiger partial charge in [0, 0.05) is 74.7 Å². The van der Waals surface area contributed by atoms with E-state index < -0.39 is 127 Å². The summed E-state index contributed by atoms with van der Waals surface area (Å²) in [5.74, 6) is -7.43. The number of methoxy groups -OCH3 is 2. The Kier molecular flexibility index (Phi) is 39.0. The molecule has 25 heteroatoms. The van der Waals surface area contributed by atoms with E-state index in [1.165, 1.54) is 37.5 Å². The van der Waals surface area contributed by atoms with E-state index in [1.807, 2.05) is 30.3 Å². The zero-order valence-electron chi connectivity index (χ0n) is 67.7. The van der Waals surface area contributed by atoms with Crippen LogP contribution in [0.15, 0.2) is 115 Å². The Labute approximate surface area is 663 Å². The second kappa shape index (κ2) is 47.1. The molecule has 0 aliphatic carbocycles. The zero-order valence-corrected chi connectivity index (χ0v) is 67.7. The number of cyclic esters (lactones) is 1. The molecule has 4 fully saturated rings. The molecular weight excluding hydrogens is 1440 g/mol. The van der Waals surface area contributed by atoms with E-state index in [0.717, 1.165) is 76.2 Å². The quantitative estimate of drug-likeness (QED) is 0.0198. The number of aliphatic hydroxyl groups excluding tert-OH is 4. The molecule has 25 nitrogen and oxygen atoms in total. The molecule has 6 aliphatic heterocycles. The van der Waals surface area contributed by atoms with Crippen molar-refractivity contribution in [3.05, 3.63) is 131 Å². The Hall–Kier alpha value is -6.27. The van der Waals surface area contributed by atoms with Crippen LogP contribution in [0.2, 0.25) is 0 Å². The zero-order chi connectivity index (χ0) is 81.3. The molecule has 628 valence electrons. The molecule has 6 heterocycles. The Morgan fingerprint density at radius 3 is 1.51 bits per heavy atom. The van der Waals surface area contributed by atoms with Gasteiger partial charge in [0.05, 0.1) is 102 Å². The van der Waals surface area contributed by atoms with Gasteiger partial charge in [0.1, 0.15) is 12.2 Å². The highest BCUT2D eigenvalue weighted by atomic mass is 16.7. The summed E-state index contributed by atoms with van der Waals surface area (Å²) >= 11 is 0. The molecule has 6 N–H and O–H groups in total. The summed E-state index contributed by atoms with van der Waals surface area (Å²) in [5, 5.41) is 67.8. The molecule has 16 atom stereocenters. The van der Waals surface area contributed by atoms with Crippen LogP contribution in [0.3, 0.4) is 0 Å². The molecule has 2 aromatic carbocycles. The maximum Gasteiger partial charge on any atom is 0.330 e. The van der Waals surface area contributed by atoms with Gasteiger partial charge in [-0.25, -0.2) is 9.59 Å². The minimum absolute atomic E-state index is 0.0115. The van der Waals surface area contributed by atoms with Gasteiger partial charge in [-0.3, -0.25) is 14.4 Å². The van der Waals surface area contributed by atoms with Crippen LogP contribution in [0.1, 0.15) is 231 Å². The lowest BCUT2D eigenvalue weighted by Gasteiger charge is -2.51. The molecular formula is C87H130O25. The van der Waals surface area contributed by atoms with Crippen LogP contribution < -0.4 is 0 Å². The van der Waals surface area contributed by atoms with Gasteiger partial charge >= 0.3 is 29.8 Å². The largest absolute Gasteiger partial charge is 0.493 e. The first-order valence-corrected chi connectivity index (χ1v) is 40.8. The number of aliphatic hydroxyl groups is 6. The molecule has 0 saturated carbocycles. The van der Waals surface area contributed by atoms with Crippen molar-refractivity contribution < 1.29 is 121 Å². The highest BCUT2D eigenvalue weighted by Gasteiger charge is 2.59.